The summed E-state index contributed by atoms with van der Waals surface area (Å²) < 4.78 is 0. The highest BCUT2D eigenvalue weighted by Crippen LogP contribution is 2.19. The molecule has 0 aliphatic carbocycles. The van der Waals surface area contributed by atoms with Crippen LogP contribution in [0.1, 0.15) is 24.8 Å². The van der Waals surface area contributed by atoms with E-state index < -0.39 is 0 Å². The van der Waals surface area contributed by atoms with Crippen molar-refractivity contribution in [1.29, 1.82) is 0 Å². The first-order valence-electron chi connectivity index (χ1n) is 8.45. The Morgan fingerprint density at radius 2 is 1.92 bits per heavy atom. The molecule has 0 bridgehead atoms. The summed E-state index contributed by atoms with van der Waals surface area (Å²) in [4.78, 5) is 30.6. The fraction of sp³-hybridized carbons (Fsp3) is 0.250. The predicted octanol–water partition coefficient (Wildman–Crippen LogP) is 3.16. The van der Waals surface area contributed by atoms with Gasteiger partial charge in [0.1, 0.15) is 5.82 Å². The molecular formula is C20H21N3O2. The number of aromatic nitrogens is 1. The molecule has 0 fully saturated rings. The summed E-state index contributed by atoms with van der Waals surface area (Å²) in [5, 5.41) is 2.75. The number of rotatable bonds is 6. The number of nitrogens with one attached hydrogen (secondary N) is 1. The molecule has 0 radical (unpaired) electrons. The van der Waals surface area contributed by atoms with Gasteiger partial charge in [0.25, 0.3) is 0 Å². The van der Waals surface area contributed by atoms with Gasteiger partial charge in [-0.1, -0.05) is 42.5 Å². The van der Waals surface area contributed by atoms with Gasteiger partial charge < -0.3 is 10.2 Å². The zero-order valence-corrected chi connectivity index (χ0v) is 14.0. The molecule has 0 saturated carbocycles. The van der Waals surface area contributed by atoms with E-state index in [1.165, 1.54) is 0 Å². The molecule has 0 spiro atoms. The van der Waals surface area contributed by atoms with E-state index in [9.17, 15) is 9.59 Å². The zero-order valence-electron chi connectivity index (χ0n) is 14.0. The third kappa shape index (κ3) is 4.76. The van der Waals surface area contributed by atoms with Crippen LogP contribution >= 0.6 is 0 Å². The minimum absolute atomic E-state index is 0.0285. The molecule has 2 amide bonds. The Kier molecular flexibility index (Phi) is 5.57. The average molecular weight is 335 g/mol. The first-order valence-corrected chi connectivity index (χ1v) is 8.45. The molecule has 1 aliphatic heterocycles. The number of pyridine rings is 1. The van der Waals surface area contributed by atoms with Gasteiger partial charge in [0, 0.05) is 31.3 Å². The SMILES string of the molecule is O=C(CCC1=CCCN(Cc2ccccc2)C1=O)Nc1ccccn1. The quantitative estimate of drug-likeness (QED) is 0.882. The lowest BCUT2D eigenvalue weighted by molar-refractivity contribution is -0.128. The summed E-state index contributed by atoms with van der Waals surface area (Å²) in [5.41, 5.74) is 1.84. The van der Waals surface area contributed by atoms with Crippen molar-refractivity contribution in [2.45, 2.75) is 25.8 Å². The van der Waals surface area contributed by atoms with E-state index in [1.807, 2.05) is 47.4 Å². The second-order valence-corrected chi connectivity index (χ2v) is 5.99. The van der Waals surface area contributed by atoms with Crippen LogP contribution in [-0.4, -0.2) is 28.2 Å². The van der Waals surface area contributed by atoms with E-state index in [4.69, 9.17) is 0 Å². The molecule has 0 unspecified atom stereocenters. The Hall–Kier alpha value is -2.95. The molecule has 5 nitrogen and oxygen atoms in total. The van der Waals surface area contributed by atoms with Gasteiger partial charge in [0.05, 0.1) is 0 Å². The van der Waals surface area contributed by atoms with Gasteiger partial charge >= 0.3 is 0 Å². The van der Waals surface area contributed by atoms with Crippen molar-refractivity contribution in [3.8, 4) is 0 Å². The molecule has 1 aromatic carbocycles. The largest absolute Gasteiger partial charge is 0.334 e. The van der Waals surface area contributed by atoms with E-state index >= 15 is 0 Å². The third-order valence-electron chi connectivity index (χ3n) is 4.12. The second kappa shape index (κ2) is 8.24. The van der Waals surface area contributed by atoms with Gasteiger partial charge in [-0.3, -0.25) is 9.59 Å². The molecule has 1 aliphatic rings. The molecule has 25 heavy (non-hydrogen) atoms. The van der Waals surface area contributed by atoms with Crippen LogP contribution in [0.3, 0.4) is 0 Å². The van der Waals surface area contributed by atoms with E-state index in [1.54, 1.807) is 18.3 Å². The number of carbonyl (C=O) groups excluding carboxylic acids is 2. The van der Waals surface area contributed by atoms with Crippen LogP contribution in [0.5, 0.6) is 0 Å². The topological polar surface area (TPSA) is 62.3 Å². The first kappa shape index (κ1) is 16.9. The number of anilines is 1. The fourth-order valence-corrected chi connectivity index (χ4v) is 2.84. The Balaban J connectivity index is 1.53. The lowest BCUT2D eigenvalue weighted by Crippen LogP contribution is -2.35. The summed E-state index contributed by atoms with van der Waals surface area (Å²) in [6, 6.07) is 15.3. The first-order chi connectivity index (χ1) is 12.2. The van der Waals surface area contributed by atoms with Crippen LogP contribution in [0, 0.1) is 0 Å². The molecule has 3 rings (SSSR count). The van der Waals surface area contributed by atoms with E-state index in [0.29, 0.717) is 18.8 Å². The lowest BCUT2D eigenvalue weighted by Gasteiger charge is -2.27. The fourth-order valence-electron chi connectivity index (χ4n) is 2.84. The lowest BCUT2D eigenvalue weighted by atomic mass is 10.0. The Labute approximate surface area is 147 Å². The number of hydrogen-bond acceptors (Lipinski definition) is 3. The Morgan fingerprint density at radius 1 is 1.12 bits per heavy atom. The summed E-state index contributed by atoms with van der Waals surface area (Å²) in [6.45, 7) is 1.33. The normalized spacial score (nSPS) is 14.2. The van der Waals surface area contributed by atoms with Crippen molar-refractivity contribution in [3.05, 3.63) is 71.9 Å². The van der Waals surface area contributed by atoms with Gasteiger partial charge in [-0.2, -0.15) is 0 Å². The molecule has 2 heterocycles. The van der Waals surface area contributed by atoms with Crippen LogP contribution in [0.25, 0.3) is 0 Å². The van der Waals surface area contributed by atoms with Crippen molar-refractivity contribution < 1.29 is 9.59 Å². The van der Waals surface area contributed by atoms with Gasteiger partial charge in [0.15, 0.2) is 0 Å². The summed E-state index contributed by atoms with van der Waals surface area (Å²) in [7, 11) is 0. The maximum atomic E-state index is 12.6. The Bertz CT molecular complexity index is 757. The molecule has 2 aromatic rings. The van der Waals surface area contributed by atoms with Crippen molar-refractivity contribution in [2.24, 2.45) is 0 Å². The molecule has 128 valence electrons. The maximum absolute atomic E-state index is 12.6. The van der Waals surface area contributed by atoms with Crippen molar-refractivity contribution in [3.63, 3.8) is 0 Å². The molecule has 0 saturated heterocycles. The van der Waals surface area contributed by atoms with E-state index in [0.717, 1.165) is 24.1 Å². The minimum atomic E-state index is -0.132. The van der Waals surface area contributed by atoms with Gasteiger partial charge in [-0.25, -0.2) is 4.98 Å². The van der Waals surface area contributed by atoms with Gasteiger partial charge in [-0.05, 0) is 30.5 Å². The van der Waals surface area contributed by atoms with Crippen molar-refractivity contribution in [2.75, 3.05) is 11.9 Å². The van der Waals surface area contributed by atoms with Gasteiger partial charge in [0.2, 0.25) is 11.8 Å². The van der Waals surface area contributed by atoms with Crippen LogP contribution in [0.2, 0.25) is 0 Å². The highest BCUT2D eigenvalue weighted by Gasteiger charge is 2.22. The van der Waals surface area contributed by atoms with Crippen LogP contribution < -0.4 is 5.32 Å². The third-order valence-corrected chi connectivity index (χ3v) is 4.12. The number of hydrogen-bond donors (Lipinski definition) is 1. The highest BCUT2D eigenvalue weighted by molar-refractivity contribution is 5.96. The smallest absolute Gasteiger partial charge is 0.249 e. The summed E-state index contributed by atoms with van der Waals surface area (Å²) >= 11 is 0. The van der Waals surface area contributed by atoms with Gasteiger partial charge in [-0.15, -0.1) is 0 Å². The molecular weight excluding hydrogens is 314 g/mol. The maximum Gasteiger partial charge on any atom is 0.249 e. The molecule has 0 atom stereocenters. The predicted molar refractivity (Wildman–Crippen MR) is 96.7 cm³/mol. The van der Waals surface area contributed by atoms with E-state index in [-0.39, 0.29) is 18.2 Å². The second-order valence-electron chi connectivity index (χ2n) is 5.99. The van der Waals surface area contributed by atoms with Crippen molar-refractivity contribution in [1.82, 2.24) is 9.88 Å². The number of nitrogens with zero attached hydrogens (tertiary/aromatic N) is 2. The monoisotopic (exact) mass is 335 g/mol. The Morgan fingerprint density at radius 3 is 2.68 bits per heavy atom. The van der Waals surface area contributed by atoms with Crippen LogP contribution in [0.15, 0.2) is 66.4 Å². The highest BCUT2D eigenvalue weighted by atomic mass is 16.2. The molecule has 1 aromatic heterocycles. The molecule has 1 N–H and O–H groups in total. The van der Waals surface area contributed by atoms with E-state index in [2.05, 4.69) is 10.3 Å². The summed E-state index contributed by atoms with van der Waals surface area (Å²) in [5.74, 6) is 0.426. The minimum Gasteiger partial charge on any atom is -0.334 e. The number of carbonyl (C=O) groups is 2. The standard InChI is InChI=1S/C20H21N3O2/c24-19(22-18-10-4-5-13-21-18)12-11-17-9-6-14-23(20(17)25)15-16-7-2-1-3-8-16/h1-5,7-10,13H,6,11-12,14-15H2,(H,21,22,24). The van der Waals surface area contributed by atoms with Crippen molar-refractivity contribution >= 4 is 17.6 Å². The molecule has 5 heteroatoms. The van der Waals surface area contributed by atoms with Crippen LogP contribution in [-0.2, 0) is 16.1 Å². The van der Waals surface area contributed by atoms with Crippen LogP contribution in [0.4, 0.5) is 5.82 Å². The number of benzene rings is 1. The zero-order chi connectivity index (χ0) is 17.5. The average Bonchev–Trinajstić information content (AvgIpc) is 2.64. The summed E-state index contributed by atoms with van der Waals surface area (Å²) in [6.07, 6.45) is 5.13. The number of amides is 2.